The minimum atomic E-state index is -0.00876. The largest absolute Gasteiger partial charge is 0.346 e. The highest BCUT2D eigenvalue weighted by atomic mass is 16.5. The van der Waals surface area contributed by atoms with E-state index in [9.17, 15) is 4.79 Å². The first-order valence-electron chi connectivity index (χ1n) is 4.19. The summed E-state index contributed by atoms with van der Waals surface area (Å²) in [4.78, 5) is 14.9. The molecule has 0 aliphatic rings. The Morgan fingerprint density at radius 1 is 1.43 bits per heavy atom. The van der Waals surface area contributed by atoms with Crippen molar-refractivity contribution in [1.29, 1.82) is 0 Å². The van der Waals surface area contributed by atoms with Crippen LogP contribution in [-0.4, -0.2) is 14.7 Å². The molecule has 72 valence electrons. The fraction of sp³-hybridized carbons (Fsp3) is 0.222. The molecule has 5 heteroatoms. The van der Waals surface area contributed by atoms with Crippen LogP contribution in [0.3, 0.4) is 0 Å². The Bertz CT molecular complexity index is 466. The molecule has 0 N–H and O–H groups in total. The first kappa shape index (κ1) is 8.68. The lowest BCUT2D eigenvalue weighted by Gasteiger charge is -1.99. The Kier molecular flexibility index (Phi) is 2.14. The molecule has 0 spiro atoms. The molecule has 0 saturated heterocycles. The van der Waals surface area contributed by atoms with Crippen molar-refractivity contribution in [2.24, 2.45) is 0 Å². The fourth-order valence-electron chi connectivity index (χ4n) is 1.12. The number of pyridine rings is 1. The van der Waals surface area contributed by atoms with Crippen molar-refractivity contribution >= 4 is 0 Å². The van der Waals surface area contributed by atoms with Gasteiger partial charge in [-0.25, -0.2) is 0 Å². The summed E-state index contributed by atoms with van der Waals surface area (Å²) in [6, 6.07) is 2.99. The maximum Gasteiger partial charge on any atom is 0.223 e. The van der Waals surface area contributed by atoms with Crippen LogP contribution in [0.4, 0.5) is 0 Å². The summed E-state index contributed by atoms with van der Waals surface area (Å²) >= 11 is 0. The lowest BCUT2D eigenvalue weighted by molar-refractivity contribution is 0.386. The molecular weight excluding hydrogens is 182 g/mol. The van der Waals surface area contributed by atoms with Crippen molar-refractivity contribution in [3.63, 3.8) is 0 Å². The van der Waals surface area contributed by atoms with Crippen LogP contribution in [-0.2, 0) is 6.54 Å². The second-order valence-corrected chi connectivity index (χ2v) is 2.94. The van der Waals surface area contributed by atoms with Gasteiger partial charge in [0.05, 0.1) is 6.54 Å². The van der Waals surface area contributed by atoms with Crippen molar-refractivity contribution in [2.75, 3.05) is 0 Å². The van der Waals surface area contributed by atoms with Gasteiger partial charge in [-0.15, -0.1) is 0 Å². The second-order valence-electron chi connectivity index (χ2n) is 2.94. The Labute approximate surface area is 80.0 Å². The molecule has 0 bridgehead atoms. The number of rotatable bonds is 2. The highest BCUT2D eigenvalue weighted by Crippen LogP contribution is 1.97. The monoisotopic (exact) mass is 191 g/mol. The SMILES string of the molecule is Cc1nc(Cn2ccc(=O)cc2)no1. The molecule has 2 heterocycles. The molecule has 0 aromatic carbocycles. The van der Waals surface area contributed by atoms with Gasteiger partial charge in [0.15, 0.2) is 11.3 Å². The van der Waals surface area contributed by atoms with Gasteiger partial charge in [0.2, 0.25) is 5.89 Å². The summed E-state index contributed by atoms with van der Waals surface area (Å²) in [5.41, 5.74) is -0.00876. The van der Waals surface area contributed by atoms with Crippen LogP contribution in [0.2, 0.25) is 0 Å². The quantitative estimate of drug-likeness (QED) is 0.696. The summed E-state index contributed by atoms with van der Waals surface area (Å²) < 4.78 is 6.64. The van der Waals surface area contributed by atoms with Crippen LogP contribution in [0.5, 0.6) is 0 Å². The lowest BCUT2D eigenvalue weighted by Crippen LogP contribution is -2.05. The molecule has 2 aromatic heterocycles. The van der Waals surface area contributed by atoms with Gasteiger partial charge in [0, 0.05) is 31.5 Å². The smallest absolute Gasteiger partial charge is 0.223 e. The Balaban J connectivity index is 2.19. The van der Waals surface area contributed by atoms with Gasteiger partial charge in [-0.3, -0.25) is 4.79 Å². The molecule has 14 heavy (non-hydrogen) atoms. The van der Waals surface area contributed by atoms with Gasteiger partial charge in [-0.2, -0.15) is 4.98 Å². The number of hydrogen-bond acceptors (Lipinski definition) is 4. The standard InChI is InChI=1S/C9H9N3O2/c1-7-10-9(11-14-7)6-12-4-2-8(13)3-5-12/h2-5H,6H2,1H3. The zero-order chi connectivity index (χ0) is 9.97. The second kappa shape index (κ2) is 3.45. The van der Waals surface area contributed by atoms with Gasteiger partial charge in [0.25, 0.3) is 0 Å². The van der Waals surface area contributed by atoms with E-state index in [1.54, 1.807) is 19.3 Å². The van der Waals surface area contributed by atoms with E-state index in [0.717, 1.165) is 0 Å². The Hall–Kier alpha value is -1.91. The molecule has 5 nitrogen and oxygen atoms in total. The summed E-state index contributed by atoms with van der Waals surface area (Å²) in [6.07, 6.45) is 3.38. The molecular formula is C9H9N3O2. The summed E-state index contributed by atoms with van der Waals surface area (Å²) in [5, 5.41) is 3.75. The van der Waals surface area contributed by atoms with Crippen LogP contribution in [0, 0.1) is 6.92 Å². The third-order valence-corrected chi connectivity index (χ3v) is 1.75. The van der Waals surface area contributed by atoms with Crippen LogP contribution >= 0.6 is 0 Å². The average molecular weight is 191 g/mol. The average Bonchev–Trinajstić information content (AvgIpc) is 2.56. The predicted molar refractivity (Wildman–Crippen MR) is 48.8 cm³/mol. The van der Waals surface area contributed by atoms with E-state index >= 15 is 0 Å². The molecule has 0 amide bonds. The highest BCUT2D eigenvalue weighted by Gasteiger charge is 2.01. The van der Waals surface area contributed by atoms with Crippen molar-refractivity contribution in [3.8, 4) is 0 Å². The van der Waals surface area contributed by atoms with E-state index in [0.29, 0.717) is 18.3 Å². The first-order chi connectivity index (χ1) is 6.74. The fourth-order valence-corrected chi connectivity index (χ4v) is 1.12. The van der Waals surface area contributed by atoms with E-state index in [1.165, 1.54) is 12.1 Å². The molecule has 0 fully saturated rings. The maximum atomic E-state index is 10.8. The normalized spacial score (nSPS) is 10.4. The highest BCUT2D eigenvalue weighted by molar-refractivity contribution is 4.96. The molecule has 0 unspecified atom stereocenters. The Morgan fingerprint density at radius 3 is 2.71 bits per heavy atom. The van der Waals surface area contributed by atoms with E-state index in [4.69, 9.17) is 4.52 Å². The zero-order valence-corrected chi connectivity index (χ0v) is 7.67. The number of aromatic nitrogens is 3. The molecule has 0 atom stereocenters. The van der Waals surface area contributed by atoms with Gasteiger partial charge in [-0.05, 0) is 0 Å². The number of aryl methyl sites for hydroxylation is 1. The van der Waals surface area contributed by atoms with Gasteiger partial charge < -0.3 is 9.09 Å². The van der Waals surface area contributed by atoms with E-state index < -0.39 is 0 Å². The molecule has 2 aromatic rings. The van der Waals surface area contributed by atoms with Crippen LogP contribution < -0.4 is 5.43 Å². The third kappa shape index (κ3) is 1.87. The summed E-state index contributed by atoms with van der Waals surface area (Å²) in [6.45, 7) is 2.25. The number of nitrogens with zero attached hydrogens (tertiary/aromatic N) is 3. The van der Waals surface area contributed by atoms with Gasteiger partial charge in [-0.1, -0.05) is 5.16 Å². The van der Waals surface area contributed by atoms with Crippen LogP contribution in [0.1, 0.15) is 11.7 Å². The van der Waals surface area contributed by atoms with Gasteiger partial charge in [0.1, 0.15) is 0 Å². The van der Waals surface area contributed by atoms with Crippen LogP contribution in [0.15, 0.2) is 33.8 Å². The Morgan fingerprint density at radius 2 is 2.14 bits per heavy atom. The maximum absolute atomic E-state index is 10.8. The molecule has 0 saturated carbocycles. The third-order valence-electron chi connectivity index (χ3n) is 1.75. The summed E-state index contributed by atoms with van der Waals surface area (Å²) in [7, 11) is 0. The zero-order valence-electron chi connectivity index (χ0n) is 7.67. The van der Waals surface area contributed by atoms with Gasteiger partial charge >= 0.3 is 0 Å². The van der Waals surface area contributed by atoms with Crippen molar-refractivity contribution in [3.05, 3.63) is 46.5 Å². The van der Waals surface area contributed by atoms with Crippen LogP contribution in [0.25, 0.3) is 0 Å². The lowest BCUT2D eigenvalue weighted by atomic mass is 10.4. The predicted octanol–water partition coefficient (Wildman–Crippen LogP) is 0.588. The van der Waals surface area contributed by atoms with Crippen molar-refractivity contribution in [1.82, 2.24) is 14.7 Å². The van der Waals surface area contributed by atoms with Crippen molar-refractivity contribution < 1.29 is 4.52 Å². The summed E-state index contributed by atoms with van der Waals surface area (Å²) in [5.74, 6) is 1.15. The molecule has 0 aliphatic heterocycles. The molecule has 2 rings (SSSR count). The minimum absolute atomic E-state index is 0.00876. The minimum Gasteiger partial charge on any atom is -0.346 e. The van der Waals surface area contributed by atoms with Crippen molar-refractivity contribution in [2.45, 2.75) is 13.5 Å². The van der Waals surface area contributed by atoms with E-state index in [-0.39, 0.29) is 5.43 Å². The molecule has 0 radical (unpaired) electrons. The number of hydrogen-bond donors (Lipinski definition) is 0. The topological polar surface area (TPSA) is 60.9 Å². The van der Waals surface area contributed by atoms with E-state index in [1.807, 2.05) is 4.57 Å². The first-order valence-corrected chi connectivity index (χ1v) is 4.19. The van der Waals surface area contributed by atoms with E-state index in [2.05, 4.69) is 10.1 Å². The molecule has 0 aliphatic carbocycles.